The van der Waals surface area contributed by atoms with Crippen LogP contribution in [0.2, 0.25) is 0 Å². The molecule has 0 saturated carbocycles. The van der Waals surface area contributed by atoms with Crippen molar-refractivity contribution < 1.29 is 4.79 Å². The lowest BCUT2D eigenvalue weighted by molar-refractivity contribution is -0.127. The van der Waals surface area contributed by atoms with E-state index in [1.807, 2.05) is 14.0 Å². The summed E-state index contributed by atoms with van der Waals surface area (Å²) in [6, 6.07) is 0.893. The van der Waals surface area contributed by atoms with E-state index in [4.69, 9.17) is 0 Å². The van der Waals surface area contributed by atoms with E-state index in [0.29, 0.717) is 12.1 Å². The number of nitrogens with zero attached hydrogens (tertiary/aromatic N) is 1. The number of nitrogens with one attached hydrogen (secondary N) is 2. The molecule has 94 valence electrons. The Kier molecular flexibility index (Phi) is 5.22. The summed E-state index contributed by atoms with van der Waals surface area (Å²) in [6.45, 7) is 5.23. The molecule has 0 spiro atoms. The van der Waals surface area contributed by atoms with Crippen LogP contribution in [-0.4, -0.2) is 49.6 Å². The van der Waals surface area contributed by atoms with Gasteiger partial charge in [0, 0.05) is 19.1 Å². The van der Waals surface area contributed by atoms with E-state index in [1.54, 1.807) is 7.05 Å². The number of likely N-dealkylation sites (N-methyl/N-ethyl adjacent to an activating group) is 2. The second-order valence-electron chi connectivity index (χ2n) is 4.67. The van der Waals surface area contributed by atoms with Crippen LogP contribution in [0.5, 0.6) is 0 Å². The quantitative estimate of drug-likeness (QED) is 0.738. The monoisotopic (exact) mass is 227 g/mol. The molecule has 2 N–H and O–H groups in total. The molecule has 1 amide bonds. The van der Waals surface area contributed by atoms with Crippen LogP contribution >= 0.6 is 0 Å². The minimum atomic E-state index is -0.0221. The van der Waals surface area contributed by atoms with Gasteiger partial charge < -0.3 is 10.6 Å². The third-order valence-electron chi connectivity index (χ3n) is 3.75. The number of likely N-dealkylation sites (tertiary alicyclic amines) is 1. The van der Waals surface area contributed by atoms with E-state index in [9.17, 15) is 4.79 Å². The fourth-order valence-corrected chi connectivity index (χ4v) is 2.55. The standard InChI is InChI=1S/C12H25N3O/c1-9(13-3)11-7-5-6-8-15(11)10(2)12(16)14-4/h9-11,13H,5-8H2,1-4H3,(H,14,16). The van der Waals surface area contributed by atoms with Crippen molar-refractivity contribution in [3.05, 3.63) is 0 Å². The number of piperidine rings is 1. The number of carbonyl (C=O) groups is 1. The van der Waals surface area contributed by atoms with Crippen LogP contribution in [0.1, 0.15) is 33.1 Å². The van der Waals surface area contributed by atoms with Crippen molar-refractivity contribution in [2.75, 3.05) is 20.6 Å². The first-order valence-corrected chi connectivity index (χ1v) is 6.26. The Hall–Kier alpha value is -0.610. The molecule has 3 unspecified atom stereocenters. The van der Waals surface area contributed by atoms with Gasteiger partial charge in [0.15, 0.2) is 0 Å². The van der Waals surface area contributed by atoms with Crippen molar-refractivity contribution in [1.82, 2.24) is 15.5 Å². The Morgan fingerprint density at radius 3 is 2.56 bits per heavy atom. The van der Waals surface area contributed by atoms with Crippen LogP contribution in [0.3, 0.4) is 0 Å². The summed E-state index contributed by atoms with van der Waals surface area (Å²) in [7, 11) is 3.70. The number of amides is 1. The minimum Gasteiger partial charge on any atom is -0.358 e. The predicted octanol–water partition coefficient (Wildman–Crippen LogP) is 0.583. The van der Waals surface area contributed by atoms with Crippen LogP contribution in [0.4, 0.5) is 0 Å². The second-order valence-corrected chi connectivity index (χ2v) is 4.67. The van der Waals surface area contributed by atoms with Gasteiger partial charge in [-0.15, -0.1) is 0 Å². The normalized spacial score (nSPS) is 26.1. The van der Waals surface area contributed by atoms with Crippen LogP contribution in [0.15, 0.2) is 0 Å². The van der Waals surface area contributed by atoms with Gasteiger partial charge in [-0.3, -0.25) is 9.69 Å². The van der Waals surface area contributed by atoms with Gasteiger partial charge in [-0.1, -0.05) is 6.42 Å². The van der Waals surface area contributed by atoms with Gasteiger partial charge in [0.05, 0.1) is 6.04 Å². The Morgan fingerprint density at radius 1 is 1.31 bits per heavy atom. The molecule has 0 aromatic heterocycles. The van der Waals surface area contributed by atoms with Crippen molar-refractivity contribution >= 4 is 5.91 Å². The maximum atomic E-state index is 11.7. The van der Waals surface area contributed by atoms with Crippen LogP contribution in [-0.2, 0) is 4.79 Å². The average Bonchev–Trinajstić information content (AvgIpc) is 2.35. The summed E-state index contributed by atoms with van der Waals surface area (Å²) >= 11 is 0. The first kappa shape index (κ1) is 13.5. The zero-order valence-corrected chi connectivity index (χ0v) is 10.9. The van der Waals surface area contributed by atoms with E-state index in [0.717, 1.165) is 6.54 Å². The molecule has 1 rings (SSSR count). The summed E-state index contributed by atoms with van der Waals surface area (Å²) < 4.78 is 0. The largest absolute Gasteiger partial charge is 0.358 e. The molecule has 0 bridgehead atoms. The molecule has 4 heteroatoms. The molecule has 1 fully saturated rings. The topological polar surface area (TPSA) is 44.4 Å². The molecule has 4 nitrogen and oxygen atoms in total. The van der Waals surface area contributed by atoms with E-state index < -0.39 is 0 Å². The Bertz CT molecular complexity index is 232. The molecule has 0 aliphatic carbocycles. The summed E-state index contributed by atoms with van der Waals surface area (Å²) in [5.74, 6) is 0.121. The molecular formula is C12H25N3O. The van der Waals surface area contributed by atoms with Gasteiger partial charge in [0.25, 0.3) is 0 Å². The lowest BCUT2D eigenvalue weighted by Crippen LogP contribution is -2.56. The molecule has 1 saturated heterocycles. The molecule has 0 aromatic carbocycles. The Labute approximate surface area is 98.8 Å². The maximum absolute atomic E-state index is 11.7. The summed E-state index contributed by atoms with van der Waals surface area (Å²) in [5, 5.41) is 6.04. The fraction of sp³-hybridized carbons (Fsp3) is 0.917. The smallest absolute Gasteiger partial charge is 0.236 e. The minimum absolute atomic E-state index is 0.0221. The highest BCUT2D eigenvalue weighted by atomic mass is 16.2. The SMILES string of the molecule is CNC(=O)C(C)N1CCCCC1C(C)NC. The van der Waals surface area contributed by atoms with Gasteiger partial charge in [0.1, 0.15) is 0 Å². The third-order valence-corrected chi connectivity index (χ3v) is 3.75. The average molecular weight is 227 g/mol. The molecule has 0 aromatic rings. The summed E-state index contributed by atoms with van der Waals surface area (Å²) in [4.78, 5) is 14.0. The molecule has 1 heterocycles. The fourth-order valence-electron chi connectivity index (χ4n) is 2.55. The van der Waals surface area contributed by atoms with Gasteiger partial charge in [-0.2, -0.15) is 0 Å². The molecular weight excluding hydrogens is 202 g/mol. The van der Waals surface area contributed by atoms with Gasteiger partial charge in [0.2, 0.25) is 5.91 Å². The highest BCUT2D eigenvalue weighted by molar-refractivity contribution is 5.81. The van der Waals surface area contributed by atoms with Crippen LogP contribution in [0, 0.1) is 0 Å². The number of carbonyl (C=O) groups excluding carboxylic acids is 1. The van der Waals surface area contributed by atoms with Crippen molar-refractivity contribution in [2.24, 2.45) is 0 Å². The lowest BCUT2D eigenvalue weighted by Gasteiger charge is -2.42. The number of hydrogen-bond acceptors (Lipinski definition) is 3. The zero-order valence-electron chi connectivity index (χ0n) is 10.9. The van der Waals surface area contributed by atoms with Crippen molar-refractivity contribution in [1.29, 1.82) is 0 Å². The zero-order chi connectivity index (χ0) is 12.1. The Morgan fingerprint density at radius 2 is 2.00 bits per heavy atom. The third kappa shape index (κ3) is 2.95. The highest BCUT2D eigenvalue weighted by Gasteiger charge is 2.32. The van der Waals surface area contributed by atoms with Gasteiger partial charge >= 0.3 is 0 Å². The predicted molar refractivity (Wildman–Crippen MR) is 66.4 cm³/mol. The van der Waals surface area contributed by atoms with Gasteiger partial charge in [-0.05, 0) is 40.3 Å². The molecule has 16 heavy (non-hydrogen) atoms. The lowest BCUT2D eigenvalue weighted by atomic mass is 9.94. The van der Waals surface area contributed by atoms with Crippen molar-refractivity contribution in [2.45, 2.75) is 51.2 Å². The molecule has 3 atom stereocenters. The highest BCUT2D eigenvalue weighted by Crippen LogP contribution is 2.22. The molecule has 1 aliphatic heterocycles. The number of hydrogen-bond donors (Lipinski definition) is 2. The molecule has 1 aliphatic rings. The van der Waals surface area contributed by atoms with Crippen molar-refractivity contribution in [3.63, 3.8) is 0 Å². The number of rotatable bonds is 4. The van der Waals surface area contributed by atoms with E-state index in [2.05, 4.69) is 22.5 Å². The summed E-state index contributed by atoms with van der Waals surface area (Å²) in [6.07, 6.45) is 3.66. The molecule has 0 radical (unpaired) electrons. The van der Waals surface area contributed by atoms with Crippen molar-refractivity contribution in [3.8, 4) is 0 Å². The van der Waals surface area contributed by atoms with Gasteiger partial charge in [-0.25, -0.2) is 0 Å². The first-order valence-electron chi connectivity index (χ1n) is 6.26. The maximum Gasteiger partial charge on any atom is 0.236 e. The van der Waals surface area contributed by atoms with E-state index >= 15 is 0 Å². The first-order chi connectivity index (χ1) is 7.61. The van der Waals surface area contributed by atoms with Crippen LogP contribution in [0.25, 0.3) is 0 Å². The van der Waals surface area contributed by atoms with Crippen LogP contribution < -0.4 is 10.6 Å². The van der Waals surface area contributed by atoms with E-state index in [-0.39, 0.29) is 11.9 Å². The van der Waals surface area contributed by atoms with E-state index in [1.165, 1.54) is 19.3 Å². The second kappa shape index (κ2) is 6.21. The Balaban J connectivity index is 2.69. The summed E-state index contributed by atoms with van der Waals surface area (Å²) in [5.41, 5.74) is 0.